The molecule has 3 aliphatic heterocycles. The maximum Gasteiger partial charge on any atom is 0.328 e. The largest absolute Gasteiger partial charge is 0.328 e. The van der Waals surface area contributed by atoms with Crippen molar-refractivity contribution in [3.63, 3.8) is 0 Å². The summed E-state index contributed by atoms with van der Waals surface area (Å²) in [6.07, 6.45) is 2.03. The molecule has 3 saturated heterocycles. The molecule has 1 aromatic rings. The molecule has 4 amide bonds. The Morgan fingerprint density at radius 2 is 1.87 bits per heavy atom. The van der Waals surface area contributed by atoms with Gasteiger partial charge in [-0.05, 0) is 26.2 Å². The molecular weight excluding hydrogens is 298 g/mol. The standard InChI is InChI=1S/C15H19N5O3/c1-9-8-12(17(2)16-9)19-7-5-11(13(19)21)20-14(22)10-4-3-6-18(10)15(20)23/h8,10-11H,3-7H2,1-2H3/t10-,11-/m1/s1. The predicted molar refractivity (Wildman–Crippen MR) is 80.7 cm³/mol. The molecule has 0 aromatic carbocycles. The van der Waals surface area contributed by atoms with Gasteiger partial charge in [-0.1, -0.05) is 0 Å². The van der Waals surface area contributed by atoms with E-state index in [4.69, 9.17) is 0 Å². The van der Waals surface area contributed by atoms with Gasteiger partial charge in [-0.2, -0.15) is 5.10 Å². The fourth-order valence-corrected chi connectivity index (χ4v) is 3.91. The fourth-order valence-electron chi connectivity index (χ4n) is 3.91. The van der Waals surface area contributed by atoms with Crippen molar-refractivity contribution in [1.29, 1.82) is 0 Å². The van der Waals surface area contributed by atoms with E-state index in [1.165, 1.54) is 4.90 Å². The highest BCUT2D eigenvalue weighted by atomic mass is 16.2. The lowest BCUT2D eigenvalue weighted by atomic mass is 10.1. The molecule has 0 spiro atoms. The van der Waals surface area contributed by atoms with Crippen molar-refractivity contribution in [3.05, 3.63) is 11.8 Å². The van der Waals surface area contributed by atoms with Crippen LogP contribution in [0.1, 0.15) is 25.0 Å². The summed E-state index contributed by atoms with van der Waals surface area (Å²) in [5.41, 5.74) is 0.827. The Morgan fingerprint density at radius 1 is 1.09 bits per heavy atom. The van der Waals surface area contributed by atoms with Crippen molar-refractivity contribution in [3.8, 4) is 0 Å². The molecule has 2 atom stereocenters. The maximum atomic E-state index is 12.8. The highest BCUT2D eigenvalue weighted by molar-refractivity contribution is 6.10. The molecule has 0 saturated carbocycles. The molecule has 8 nitrogen and oxygen atoms in total. The number of rotatable bonds is 2. The van der Waals surface area contributed by atoms with Crippen LogP contribution in [-0.2, 0) is 16.6 Å². The van der Waals surface area contributed by atoms with E-state index in [0.717, 1.165) is 12.1 Å². The highest BCUT2D eigenvalue weighted by Gasteiger charge is 2.53. The Balaban J connectivity index is 1.60. The predicted octanol–water partition coefficient (Wildman–Crippen LogP) is 0.260. The van der Waals surface area contributed by atoms with Gasteiger partial charge >= 0.3 is 6.03 Å². The summed E-state index contributed by atoms with van der Waals surface area (Å²) < 4.78 is 1.65. The Morgan fingerprint density at radius 3 is 2.52 bits per heavy atom. The zero-order valence-electron chi connectivity index (χ0n) is 13.2. The quantitative estimate of drug-likeness (QED) is 0.733. The lowest BCUT2D eigenvalue weighted by molar-refractivity contribution is -0.133. The summed E-state index contributed by atoms with van der Waals surface area (Å²) in [5, 5.41) is 4.26. The van der Waals surface area contributed by atoms with Gasteiger partial charge in [0.05, 0.1) is 5.69 Å². The molecule has 0 bridgehead atoms. The van der Waals surface area contributed by atoms with E-state index in [9.17, 15) is 14.4 Å². The molecule has 8 heteroatoms. The Bertz CT molecular complexity index is 690. The van der Waals surface area contributed by atoms with Gasteiger partial charge in [0, 0.05) is 26.2 Å². The lowest BCUT2D eigenvalue weighted by Crippen LogP contribution is -2.46. The molecule has 0 radical (unpaired) electrons. The van der Waals surface area contributed by atoms with E-state index < -0.39 is 6.04 Å². The smallest absolute Gasteiger partial charge is 0.312 e. The average Bonchev–Trinajstić information content (AvgIpc) is 3.22. The zero-order chi connectivity index (χ0) is 16.3. The number of urea groups is 1. The molecule has 3 fully saturated rings. The summed E-state index contributed by atoms with van der Waals surface area (Å²) >= 11 is 0. The van der Waals surface area contributed by atoms with E-state index in [1.807, 2.05) is 13.0 Å². The third-order valence-corrected chi connectivity index (χ3v) is 4.97. The van der Waals surface area contributed by atoms with Crippen LogP contribution in [0, 0.1) is 6.92 Å². The number of nitrogens with zero attached hydrogens (tertiary/aromatic N) is 5. The van der Waals surface area contributed by atoms with Crippen LogP contribution >= 0.6 is 0 Å². The van der Waals surface area contributed by atoms with Crippen molar-refractivity contribution >= 4 is 23.7 Å². The van der Waals surface area contributed by atoms with E-state index in [2.05, 4.69) is 5.10 Å². The number of carbonyl (C=O) groups is 3. The van der Waals surface area contributed by atoms with Gasteiger partial charge in [0.2, 0.25) is 0 Å². The molecule has 4 rings (SSSR count). The van der Waals surface area contributed by atoms with E-state index in [0.29, 0.717) is 31.7 Å². The van der Waals surface area contributed by atoms with Gasteiger partial charge in [0.1, 0.15) is 17.9 Å². The van der Waals surface area contributed by atoms with E-state index in [1.54, 1.807) is 21.5 Å². The second kappa shape index (κ2) is 4.81. The van der Waals surface area contributed by atoms with Crippen molar-refractivity contribution in [2.75, 3.05) is 18.0 Å². The molecule has 3 aliphatic rings. The molecule has 1 aromatic heterocycles. The van der Waals surface area contributed by atoms with Crippen molar-refractivity contribution in [1.82, 2.24) is 19.6 Å². The van der Waals surface area contributed by atoms with E-state index >= 15 is 0 Å². The molecule has 23 heavy (non-hydrogen) atoms. The first kappa shape index (κ1) is 14.2. The minimum absolute atomic E-state index is 0.198. The average molecular weight is 317 g/mol. The van der Waals surface area contributed by atoms with Crippen LogP contribution in [0.15, 0.2) is 6.07 Å². The van der Waals surface area contributed by atoms with Crippen molar-refractivity contribution < 1.29 is 14.4 Å². The van der Waals surface area contributed by atoms with E-state index in [-0.39, 0.29) is 23.9 Å². The summed E-state index contributed by atoms with van der Waals surface area (Å²) in [4.78, 5) is 42.2. The number of carbonyl (C=O) groups excluding carboxylic acids is 3. The monoisotopic (exact) mass is 317 g/mol. The van der Waals surface area contributed by atoms with Crippen LogP contribution in [0.25, 0.3) is 0 Å². The molecular formula is C15H19N5O3. The van der Waals surface area contributed by atoms with Crippen LogP contribution in [0.3, 0.4) is 0 Å². The number of aryl methyl sites for hydroxylation is 2. The zero-order valence-corrected chi connectivity index (χ0v) is 13.2. The number of hydrogen-bond acceptors (Lipinski definition) is 4. The molecule has 0 N–H and O–H groups in total. The first-order valence-electron chi connectivity index (χ1n) is 7.94. The van der Waals surface area contributed by atoms with Crippen molar-refractivity contribution in [2.45, 2.75) is 38.3 Å². The topological polar surface area (TPSA) is 78.8 Å². The number of hydrogen-bond donors (Lipinski definition) is 0. The molecule has 0 unspecified atom stereocenters. The third kappa shape index (κ3) is 1.90. The first-order valence-corrected chi connectivity index (χ1v) is 7.94. The minimum Gasteiger partial charge on any atom is -0.312 e. The maximum absolute atomic E-state index is 12.8. The number of anilines is 1. The molecule has 0 aliphatic carbocycles. The fraction of sp³-hybridized carbons (Fsp3) is 0.600. The van der Waals surface area contributed by atoms with Gasteiger partial charge in [0.15, 0.2) is 0 Å². The second-order valence-electron chi connectivity index (χ2n) is 6.40. The van der Waals surface area contributed by atoms with Gasteiger partial charge < -0.3 is 4.90 Å². The molecule has 122 valence electrons. The summed E-state index contributed by atoms with van der Waals surface area (Å²) in [6, 6.07) is 0.490. The van der Waals surface area contributed by atoms with Crippen LogP contribution in [0.4, 0.5) is 10.6 Å². The summed E-state index contributed by atoms with van der Waals surface area (Å²) in [6.45, 7) is 2.96. The van der Waals surface area contributed by atoms with Crippen LogP contribution in [0.2, 0.25) is 0 Å². The highest BCUT2D eigenvalue weighted by Crippen LogP contribution is 2.32. The minimum atomic E-state index is -0.684. The Labute approximate surface area is 133 Å². The molecule has 4 heterocycles. The lowest BCUT2D eigenvalue weighted by Gasteiger charge is -2.22. The first-order chi connectivity index (χ1) is 11.0. The number of aromatic nitrogens is 2. The van der Waals surface area contributed by atoms with Crippen molar-refractivity contribution in [2.24, 2.45) is 7.05 Å². The number of fused-ring (bicyclic) bond motifs is 1. The Kier molecular flexibility index (Phi) is 2.97. The summed E-state index contributed by atoms with van der Waals surface area (Å²) in [7, 11) is 1.78. The summed E-state index contributed by atoms with van der Waals surface area (Å²) in [5.74, 6) is 0.291. The van der Waals surface area contributed by atoms with Crippen LogP contribution in [-0.4, -0.2) is 62.6 Å². The van der Waals surface area contributed by atoms with Crippen LogP contribution < -0.4 is 4.90 Å². The number of amides is 4. The normalized spacial score (nSPS) is 27.6. The third-order valence-electron chi connectivity index (χ3n) is 4.97. The van der Waals surface area contributed by atoms with Crippen LogP contribution in [0.5, 0.6) is 0 Å². The van der Waals surface area contributed by atoms with Gasteiger partial charge in [0.25, 0.3) is 11.8 Å². The SMILES string of the molecule is Cc1cc(N2CC[C@@H](N3C(=O)[C@H]4CCCN4C3=O)C2=O)n(C)n1. The Hall–Kier alpha value is -2.38. The van der Waals surface area contributed by atoms with Gasteiger partial charge in [-0.25, -0.2) is 9.69 Å². The van der Waals surface area contributed by atoms with Gasteiger partial charge in [-0.15, -0.1) is 0 Å². The second-order valence-corrected chi connectivity index (χ2v) is 6.40. The van der Waals surface area contributed by atoms with Gasteiger partial charge in [-0.3, -0.25) is 19.2 Å². The number of imide groups is 1.